The van der Waals surface area contributed by atoms with Gasteiger partial charge in [-0.05, 0) is 57.2 Å². The van der Waals surface area contributed by atoms with E-state index < -0.39 is 11.5 Å². The quantitative estimate of drug-likeness (QED) is 0.570. The molecule has 190 valence electrons. The van der Waals surface area contributed by atoms with E-state index in [1.165, 1.54) is 0 Å². The van der Waals surface area contributed by atoms with Gasteiger partial charge in [0.05, 0.1) is 12.1 Å². The SMILES string of the molecule is CNC(=O)[C@@H]1CCCN1C[C@H](C(C)C)N(C)C(=O)[C@@H](NC(=O)[C@H]1CCCCN1C)C(C)(C)C. The van der Waals surface area contributed by atoms with Gasteiger partial charge >= 0.3 is 0 Å². The summed E-state index contributed by atoms with van der Waals surface area (Å²) in [5.74, 6) is 0.133. The Morgan fingerprint density at radius 3 is 2.18 bits per heavy atom. The van der Waals surface area contributed by atoms with Gasteiger partial charge in [0.25, 0.3) is 0 Å². The van der Waals surface area contributed by atoms with E-state index in [1.54, 1.807) is 7.05 Å². The molecule has 8 heteroatoms. The summed E-state index contributed by atoms with van der Waals surface area (Å²) < 4.78 is 0. The first-order chi connectivity index (χ1) is 15.4. The number of carbonyl (C=O) groups is 3. The number of hydrogen-bond donors (Lipinski definition) is 2. The average molecular weight is 466 g/mol. The number of piperidine rings is 1. The van der Waals surface area contributed by atoms with Crippen molar-refractivity contribution in [2.45, 2.75) is 90.9 Å². The molecular weight excluding hydrogens is 418 g/mol. The van der Waals surface area contributed by atoms with Crippen molar-refractivity contribution in [3.05, 3.63) is 0 Å². The Hall–Kier alpha value is -1.67. The van der Waals surface area contributed by atoms with Crippen LogP contribution in [-0.4, -0.2) is 97.4 Å². The second kappa shape index (κ2) is 11.6. The van der Waals surface area contributed by atoms with E-state index >= 15 is 0 Å². The molecule has 0 aliphatic carbocycles. The standard InChI is InChI=1S/C25H47N5O3/c1-17(2)20(16-30-15-11-13-19(30)22(31)26-6)29(8)24(33)21(25(3,4)5)27-23(32)18-12-9-10-14-28(18)7/h17-21H,9-16H2,1-8H3,(H,26,31)(H,27,32)/t18-,19+,20-,21-/m1/s1. The molecular formula is C25H47N5O3. The van der Waals surface area contributed by atoms with E-state index in [0.29, 0.717) is 6.54 Å². The zero-order chi connectivity index (χ0) is 24.9. The van der Waals surface area contributed by atoms with Gasteiger partial charge in [0, 0.05) is 26.7 Å². The van der Waals surface area contributed by atoms with Crippen LogP contribution in [-0.2, 0) is 14.4 Å². The first kappa shape index (κ1) is 27.6. The molecule has 0 spiro atoms. The predicted octanol–water partition coefficient (Wildman–Crippen LogP) is 1.70. The Labute approximate surface area is 200 Å². The van der Waals surface area contributed by atoms with E-state index in [4.69, 9.17) is 0 Å². The van der Waals surface area contributed by atoms with Crippen LogP contribution in [0, 0.1) is 11.3 Å². The molecule has 2 aliphatic heterocycles. The van der Waals surface area contributed by atoms with Gasteiger partial charge in [-0.25, -0.2) is 0 Å². The second-order valence-electron chi connectivity index (χ2n) is 11.3. The first-order valence-electron chi connectivity index (χ1n) is 12.6. The van der Waals surface area contributed by atoms with E-state index in [0.717, 1.165) is 45.2 Å². The highest BCUT2D eigenvalue weighted by Gasteiger charge is 2.40. The number of nitrogens with one attached hydrogen (secondary N) is 2. The fourth-order valence-corrected chi connectivity index (χ4v) is 5.19. The third kappa shape index (κ3) is 6.92. The fourth-order valence-electron chi connectivity index (χ4n) is 5.19. The number of hydrogen-bond acceptors (Lipinski definition) is 5. The molecule has 2 N–H and O–H groups in total. The third-order valence-electron chi connectivity index (χ3n) is 7.42. The number of rotatable bonds is 8. The normalized spacial score (nSPS) is 24.4. The van der Waals surface area contributed by atoms with E-state index in [-0.39, 0.29) is 41.8 Å². The molecule has 0 aromatic rings. The third-order valence-corrected chi connectivity index (χ3v) is 7.42. The summed E-state index contributed by atoms with van der Waals surface area (Å²) in [6.07, 6.45) is 4.80. The summed E-state index contributed by atoms with van der Waals surface area (Å²) in [6.45, 7) is 12.6. The fraction of sp³-hybridized carbons (Fsp3) is 0.880. The van der Waals surface area contributed by atoms with Crippen molar-refractivity contribution in [3.8, 4) is 0 Å². The Balaban J connectivity index is 2.17. The van der Waals surface area contributed by atoms with Crippen molar-refractivity contribution in [3.63, 3.8) is 0 Å². The van der Waals surface area contributed by atoms with Gasteiger partial charge in [0.15, 0.2) is 0 Å². The summed E-state index contributed by atoms with van der Waals surface area (Å²) in [5.41, 5.74) is -0.423. The van der Waals surface area contributed by atoms with Crippen molar-refractivity contribution in [2.75, 3.05) is 40.8 Å². The van der Waals surface area contributed by atoms with Crippen molar-refractivity contribution in [1.29, 1.82) is 0 Å². The Morgan fingerprint density at radius 1 is 1.00 bits per heavy atom. The van der Waals surface area contributed by atoms with Crippen LogP contribution in [0.4, 0.5) is 0 Å². The van der Waals surface area contributed by atoms with E-state index in [1.807, 2.05) is 39.8 Å². The minimum Gasteiger partial charge on any atom is -0.358 e. The Bertz CT molecular complexity index is 690. The molecule has 0 unspecified atom stereocenters. The summed E-state index contributed by atoms with van der Waals surface area (Å²) in [6, 6.07) is -0.984. The van der Waals surface area contributed by atoms with Gasteiger partial charge in [-0.2, -0.15) is 0 Å². The smallest absolute Gasteiger partial charge is 0.245 e. The van der Waals surface area contributed by atoms with Gasteiger partial charge in [-0.1, -0.05) is 41.0 Å². The molecule has 0 aromatic heterocycles. The summed E-state index contributed by atoms with van der Waals surface area (Å²) in [7, 11) is 5.50. The molecule has 8 nitrogen and oxygen atoms in total. The first-order valence-corrected chi connectivity index (χ1v) is 12.6. The zero-order valence-corrected chi connectivity index (χ0v) is 22.1. The van der Waals surface area contributed by atoms with E-state index in [9.17, 15) is 14.4 Å². The van der Waals surface area contributed by atoms with Crippen LogP contribution in [0.3, 0.4) is 0 Å². The minimum absolute atomic E-state index is 0.0421. The Kier molecular flexibility index (Phi) is 9.73. The van der Waals surface area contributed by atoms with E-state index in [2.05, 4.69) is 34.3 Å². The molecule has 0 saturated carbocycles. The topological polar surface area (TPSA) is 85.0 Å². The van der Waals surface area contributed by atoms with Crippen LogP contribution in [0.15, 0.2) is 0 Å². The van der Waals surface area contributed by atoms with Gasteiger partial charge in [-0.3, -0.25) is 24.2 Å². The molecule has 2 rings (SSSR count). The molecule has 3 amide bonds. The van der Waals surface area contributed by atoms with Crippen LogP contribution in [0.5, 0.6) is 0 Å². The molecule has 2 saturated heterocycles. The minimum atomic E-state index is -0.611. The maximum Gasteiger partial charge on any atom is 0.245 e. The molecule has 2 aliphatic rings. The number of carbonyl (C=O) groups excluding carboxylic acids is 3. The number of likely N-dealkylation sites (tertiary alicyclic amines) is 2. The van der Waals surface area contributed by atoms with Crippen molar-refractivity contribution < 1.29 is 14.4 Å². The predicted molar refractivity (Wildman–Crippen MR) is 132 cm³/mol. The molecule has 0 aromatic carbocycles. The highest BCUT2D eigenvalue weighted by Crippen LogP contribution is 2.26. The van der Waals surface area contributed by atoms with Crippen LogP contribution in [0.2, 0.25) is 0 Å². The number of nitrogens with zero attached hydrogens (tertiary/aromatic N) is 3. The van der Waals surface area contributed by atoms with Gasteiger partial charge in [-0.15, -0.1) is 0 Å². The van der Waals surface area contributed by atoms with Crippen molar-refractivity contribution >= 4 is 17.7 Å². The maximum atomic E-state index is 13.8. The summed E-state index contributed by atoms with van der Waals surface area (Å²) in [4.78, 5) is 45.4. The van der Waals surface area contributed by atoms with Gasteiger partial charge < -0.3 is 15.5 Å². The molecule has 0 bridgehead atoms. The molecule has 2 fully saturated rings. The zero-order valence-electron chi connectivity index (χ0n) is 22.1. The molecule has 33 heavy (non-hydrogen) atoms. The molecule has 2 heterocycles. The largest absolute Gasteiger partial charge is 0.358 e. The average Bonchev–Trinajstić information content (AvgIpc) is 3.21. The summed E-state index contributed by atoms with van der Waals surface area (Å²) >= 11 is 0. The highest BCUT2D eigenvalue weighted by molar-refractivity contribution is 5.90. The second-order valence-corrected chi connectivity index (χ2v) is 11.3. The molecule has 0 radical (unpaired) electrons. The van der Waals surface area contributed by atoms with Crippen LogP contribution < -0.4 is 10.6 Å². The van der Waals surface area contributed by atoms with Gasteiger partial charge in [0.2, 0.25) is 17.7 Å². The van der Waals surface area contributed by atoms with Crippen LogP contribution >= 0.6 is 0 Å². The number of amides is 3. The Morgan fingerprint density at radius 2 is 1.64 bits per heavy atom. The lowest BCUT2D eigenvalue weighted by Gasteiger charge is -2.41. The lowest BCUT2D eigenvalue weighted by molar-refractivity contribution is -0.142. The van der Waals surface area contributed by atoms with Crippen LogP contribution in [0.1, 0.15) is 66.7 Å². The van der Waals surface area contributed by atoms with Crippen molar-refractivity contribution in [1.82, 2.24) is 25.3 Å². The van der Waals surface area contributed by atoms with Crippen LogP contribution in [0.25, 0.3) is 0 Å². The lowest BCUT2D eigenvalue weighted by Crippen LogP contribution is -2.61. The maximum absolute atomic E-state index is 13.8. The highest BCUT2D eigenvalue weighted by atomic mass is 16.2. The van der Waals surface area contributed by atoms with Crippen molar-refractivity contribution in [2.24, 2.45) is 11.3 Å². The molecule has 4 atom stereocenters. The summed E-state index contributed by atoms with van der Waals surface area (Å²) in [5, 5.41) is 5.88. The monoisotopic (exact) mass is 465 g/mol. The van der Waals surface area contributed by atoms with Gasteiger partial charge in [0.1, 0.15) is 6.04 Å². The lowest BCUT2D eigenvalue weighted by atomic mass is 9.84. The number of likely N-dealkylation sites (N-methyl/N-ethyl adjacent to an activating group) is 3.